The van der Waals surface area contributed by atoms with Crippen LogP contribution in [0.25, 0.3) is 11.0 Å². The summed E-state index contributed by atoms with van der Waals surface area (Å²) in [7, 11) is 1.76. The van der Waals surface area contributed by atoms with Crippen LogP contribution in [0, 0.1) is 6.92 Å². The number of carbonyl (C=O) groups is 1. The fraction of sp³-hybridized carbons (Fsp3) is 0.471. The Morgan fingerprint density at radius 2 is 2.08 bits per heavy atom. The Morgan fingerprint density at radius 3 is 2.67 bits per heavy atom. The van der Waals surface area contributed by atoms with Crippen molar-refractivity contribution in [2.75, 3.05) is 31.7 Å². The van der Waals surface area contributed by atoms with Gasteiger partial charge in [-0.05, 0) is 26.8 Å². The van der Waals surface area contributed by atoms with Crippen molar-refractivity contribution in [2.45, 2.75) is 27.3 Å². The summed E-state index contributed by atoms with van der Waals surface area (Å²) in [4.78, 5) is 31.1. The number of nitrogens with zero attached hydrogens (tertiary/aromatic N) is 3. The number of fused-ring (bicyclic) bond motifs is 1. The maximum Gasteiger partial charge on any atom is 0.339 e. The second kappa shape index (κ2) is 7.44. The highest BCUT2D eigenvalue weighted by atomic mass is 16.5. The predicted octanol–water partition coefficient (Wildman–Crippen LogP) is 1.33. The molecule has 0 amide bonds. The van der Waals surface area contributed by atoms with Crippen molar-refractivity contribution >= 4 is 22.7 Å². The molecule has 0 aliphatic rings. The number of ether oxygens (including phenoxy) is 1. The molecule has 0 aliphatic heterocycles. The summed E-state index contributed by atoms with van der Waals surface area (Å²) < 4.78 is 6.70. The minimum Gasteiger partial charge on any atom is -0.462 e. The van der Waals surface area contributed by atoms with Crippen LogP contribution < -0.4 is 10.5 Å². The van der Waals surface area contributed by atoms with Crippen LogP contribution in [-0.2, 0) is 11.3 Å². The van der Waals surface area contributed by atoms with Crippen molar-refractivity contribution < 1.29 is 14.6 Å². The standard InChI is InChI=1S/C17H23N3O4/c1-5-20-14(22)10-13(19(4)7-8-21)15-12(17(23)24-6-2)9-11(3)18-16(15)20/h9-10,21H,5-8H2,1-4H3. The van der Waals surface area contributed by atoms with Gasteiger partial charge in [0, 0.05) is 31.9 Å². The van der Waals surface area contributed by atoms with Gasteiger partial charge in [0.15, 0.2) is 0 Å². The van der Waals surface area contributed by atoms with E-state index >= 15 is 0 Å². The Morgan fingerprint density at radius 1 is 1.38 bits per heavy atom. The van der Waals surface area contributed by atoms with E-state index in [4.69, 9.17) is 4.74 Å². The number of pyridine rings is 2. The van der Waals surface area contributed by atoms with Gasteiger partial charge in [0.25, 0.3) is 5.56 Å². The van der Waals surface area contributed by atoms with Gasteiger partial charge >= 0.3 is 5.97 Å². The molecule has 7 heteroatoms. The van der Waals surface area contributed by atoms with E-state index in [1.165, 1.54) is 10.6 Å². The summed E-state index contributed by atoms with van der Waals surface area (Å²) in [5, 5.41) is 9.78. The summed E-state index contributed by atoms with van der Waals surface area (Å²) in [6.07, 6.45) is 0. The maximum absolute atomic E-state index is 12.4. The van der Waals surface area contributed by atoms with Gasteiger partial charge in [0.2, 0.25) is 0 Å². The molecule has 2 heterocycles. The summed E-state index contributed by atoms with van der Waals surface area (Å²) in [6.45, 7) is 6.34. The Hall–Kier alpha value is -2.41. The molecular weight excluding hydrogens is 310 g/mol. The Kier molecular flexibility index (Phi) is 5.56. The smallest absolute Gasteiger partial charge is 0.339 e. The topological polar surface area (TPSA) is 84.7 Å². The van der Waals surface area contributed by atoms with E-state index in [1.54, 1.807) is 31.9 Å². The summed E-state index contributed by atoms with van der Waals surface area (Å²) >= 11 is 0. The van der Waals surface area contributed by atoms with Crippen LogP contribution in [0.2, 0.25) is 0 Å². The van der Waals surface area contributed by atoms with Crippen molar-refractivity contribution in [1.82, 2.24) is 9.55 Å². The first-order chi connectivity index (χ1) is 11.4. The number of aliphatic hydroxyl groups is 1. The largest absolute Gasteiger partial charge is 0.462 e. The van der Waals surface area contributed by atoms with Crippen LogP contribution in [-0.4, -0.2) is 47.4 Å². The lowest BCUT2D eigenvalue weighted by Crippen LogP contribution is -2.27. The second-order valence-corrected chi connectivity index (χ2v) is 5.49. The number of carbonyl (C=O) groups excluding carboxylic acids is 1. The number of rotatable bonds is 6. The minimum atomic E-state index is -0.451. The molecule has 0 unspecified atom stereocenters. The number of esters is 1. The lowest BCUT2D eigenvalue weighted by Gasteiger charge is -2.22. The molecule has 2 aromatic rings. The quantitative estimate of drug-likeness (QED) is 0.803. The normalized spacial score (nSPS) is 10.9. The van der Waals surface area contributed by atoms with Crippen molar-refractivity contribution in [3.8, 4) is 0 Å². The van der Waals surface area contributed by atoms with Gasteiger partial charge in [-0.25, -0.2) is 9.78 Å². The zero-order valence-electron chi connectivity index (χ0n) is 14.5. The molecule has 130 valence electrons. The Balaban J connectivity index is 2.90. The third-order valence-corrected chi connectivity index (χ3v) is 3.82. The number of aliphatic hydroxyl groups excluding tert-OH is 1. The Bertz CT molecular complexity index is 814. The minimum absolute atomic E-state index is 0.0666. The zero-order chi connectivity index (χ0) is 17.9. The molecule has 0 fully saturated rings. The van der Waals surface area contributed by atoms with E-state index in [1.807, 2.05) is 6.92 Å². The zero-order valence-corrected chi connectivity index (χ0v) is 14.5. The number of aryl methyl sites for hydroxylation is 2. The number of aromatic nitrogens is 2. The van der Waals surface area contributed by atoms with Crippen LogP contribution in [0.1, 0.15) is 29.9 Å². The average molecular weight is 333 g/mol. The lowest BCUT2D eigenvalue weighted by atomic mass is 10.1. The fourth-order valence-electron chi connectivity index (χ4n) is 2.72. The van der Waals surface area contributed by atoms with E-state index in [2.05, 4.69) is 4.98 Å². The number of likely N-dealkylation sites (N-methyl/N-ethyl adjacent to an activating group) is 1. The third kappa shape index (κ3) is 3.26. The number of hydrogen-bond acceptors (Lipinski definition) is 6. The first kappa shape index (κ1) is 17.9. The van der Waals surface area contributed by atoms with E-state index in [0.717, 1.165) is 0 Å². The molecule has 1 N–H and O–H groups in total. The number of anilines is 1. The molecule has 0 aliphatic carbocycles. The first-order valence-electron chi connectivity index (χ1n) is 7.98. The van der Waals surface area contributed by atoms with Crippen molar-refractivity contribution in [3.63, 3.8) is 0 Å². The average Bonchev–Trinajstić information content (AvgIpc) is 2.53. The van der Waals surface area contributed by atoms with E-state index < -0.39 is 5.97 Å². The molecule has 0 saturated heterocycles. The highest BCUT2D eigenvalue weighted by molar-refractivity contribution is 6.08. The van der Waals surface area contributed by atoms with Gasteiger partial charge in [0.05, 0.1) is 29.9 Å². The molecule has 0 aromatic carbocycles. The van der Waals surface area contributed by atoms with Gasteiger partial charge in [-0.15, -0.1) is 0 Å². The van der Waals surface area contributed by atoms with Crippen molar-refractivity contribution in [3.05, 3.63) is 33.7 Å². The summed E-state index contributed by atoms with van der Waals surface area (Å²) in [5.74, 6) is -0.451. The van der Waals surface area contributed by atoms with Crippen LogP contribution in [0.4, 0.5) is 5.69 Å². The molecule has 7 nitrogen and oxygen atoms in total. The SMILES string of the molecule is CCOC(=O)c1cc(C)nc2c1c(N(C)CCO)cc(=O)n2CC. The van der Waals surface area contributed by atoms with Crippen LogP contribution in [0.15, 0.2) is 16.9 Å². The highest BCUT2D eigenvalue weighted by Crippen LogP contribution is 2.28. The molecule has 0 atom stereocenters. The van der Waals surface area contributed by atoms with Gasteiger partial charge in [-0.2, -0.15) is 0 Å². The molecule has 0 spiro atoms. The van der Waals surface area contributed by atoms with Crippen LogP contribution in [0.3, 0.4) is 0 Å². The fourth-order valence-corrected chi connectivity index (χ4v) is 2.72. The molecule has 2 aromatic heterocycles. The molecule has 24 heavy (non-hydrogen) atoms. The predicted molar refractivity (Wildman–Crippen MR) is 92.7 cm³/mol. The maximum atomic E-state index is 12.4. The van der Waals surface area contributed by atoms with Gasteiger partial charge in [-0.1, -0.05) is 0 Å². The van der Waals surface area contributed by atoms with Crippen molar-refractivity contribution in [2.24, 2.45) is 0 Å². The number of hydrogen-bond donors (Lipinski definition) is 1. The Labute approximate surface area is 140 Å². The molecule has 2 rings (SSSR count). The molecular formula is C17H23N3O4. The second-order valence-electron chi connectivity index (χ2n) is 5.49. The van der Waals surface area contributed by atoms with E-state index in [9.17, 15) is 14.7 Å². The monoisotopic (exact) mass is 333 g/mol. The molecule has 0 radical (unpaired) electrons. The van der Waals surface area contributed by atoms with E-state index in [-0.39, 0.29) is 18.8 Å². The summed E-state index contributed by atoms with van der Waals surface area (Å²) in [5.41, 5.74) is 1.82. The first-order valence-corrected chi connectivity index (χ1v) is 7.98. The van der Waals surface area contributed by atoms with Gasteiger partial charge in [-0.3, -0.25) is 9.36 Å². The van der Waals surface area contributed by atoms with Crippen molar-refractivity contribution in [1.29, 1.82) is 0 Å². The highest BCUT2D eigenvalue weighted by Gasteiger charge is 2.21. The van der Waals surface area contributed by atoms with Crippen LogP contribution >= 0.6 is 0 Å². The van der Waals surface area contributed by atoms with Crippen LogP contribution in [0.5, 0.6) is 0 Å². The lowest BCUT2D eigenvalue weighted by molar-refractivity contribution is 0.0528. The van der Waals surface area contributed by atoms with Gasteiger partial charge < -0.3 is 14.7 Å². The molecule has 0 bridgehead atoms. The van der Waals surface area contributed by atoms with E-state index in [0.29, 0.717) is 41.1 Å². The molecule has 0 saturated carbocycles. The summed E-state index contributed by atoms with van der Waals surface area (Å²) in [6, 6.07) is 3.14. The third-order valence-electron chi connectivity index (χ3n) is 3.82. The van der Waals surface area contributed by atoms with Gasteiger partial charge in [0.1, 0.15) is 5.65 Å².